The first kappa shape index (κ1) is 9.39. The molecule has 1 amide bonds. The third-order valence-corrected chi connectivity index (χ3v) is 2.04. The molecule has 0 saturated carbocycles. The minimum atomic E-state index is -0.514. The van der Waals surface area contributed by atoms with Crippen LogP contribution in [0.4, 0.5) is 0 Å². The molecular weight excluding hydrogens is 192 g/mol. The SMILES string of the molecule is Cc1cc(-c2cc(C(N)=O)[nH]n2)ccn1. The number of rotatable bonds is 2. The van der Waals surface area contributed by atoms with Crippen LogP contribution < -0.4 is 5.73 Å². The Morgan fingerprint density at radius 2 is 2.27 bits per heavy atom. The van der Waals surface area contributed by atoms with Gasteiger partial charge in [-0.15, -0.1) is 0 Å². The lowest BCUT2D eigenvalue weighted by atomic mass is 10.1. The normalized spacial score (nSPS) is 10.2. The molecule has 2 heterocycles. The number of aromatic nitrogens is 3. The number of pyridine rings is 1. The third kappa shape index (κ3) is 1.85. The summed E-state index contributed by atoms with van der Waals surface area (Å²) >= 11 is 0. The molecule has 0 saturated heterocycles. The smallest absolute Gasteiger partial charge is 0.266 e. The molecule has 0 radical (unpaired) electrons. The summed E-state index contributed by atoms with van der Waals surface area (Å²) in [5.41, 5.74) is 7.91. The lowest BCUT2D eigenvalue weighted by Crippen LogP contribution is -2.10. The van der Waals surface area contributed by atoms with E-state index in [2.05, 4.69) is 15.2 Å². The first-order valence-corrected chi connectivity index (χ1v) is 4.45. The number of H-pyrrole nitrogens is 1. The van der Waals surface area contributed by atoms with Crippen LogP contribution in [0.3, 0.4) is 0 Å². The zero-order valence-corrected chi connectivity index (χ0v) is 8.19. The van der Waals surface area contributed by atoms with E-state index in [-0.39, 0.29) is 0 Å². The van der Waals surface area contributed by atoms with Crippen molar-refractivity contribution >= 4 is 5.91 Å². The molecule has 0 atom stereocenters. The first-order chi connectivity index (χ1) is 7.16. The van der Waals surface area contributed by atoms with Crippen molar-refractivity contribution in [3.05, 3.63) is 35.8 Å². The van der Waals surface area contributed by atoms with Crippen molar-refractivity contribution in [2.75, 3.05) is 0 Å². The summed E-state index contributed by atoms with van der Waals surface area (Å²) in [6.45, 7) is 1.89. The molecule has 0 bridgehead atoms. The predicted octanol–water partition coefficient (Wildman–Crippen LogP) is 0.879. The Hall–Kier alpha value is -2.17. The summed E-state index contributed by atoms with van der Waals surface area (Å²) in [6.07, 6.45) is 1.70. The van der Waals surface area contributed by atoms with Crippen LogP contribution >= 0.6 is 0 Å². The van der Waals surface area contributed by atoms with Crippen molar-refractivity contribution < 1.29 is 4.79 Å². The standard InChI is InChI=1S/C10H10N4O/c1-6-4-7(2-3-12-6)8-5-9(10(11)15)14-13-8/h2-5H,1H3,(H2,11,15)(H,13,14). The topological polar surface area (TPSA) is 84.7 Å². The maximum absolute atomic E-state index is 10.9. The van der Waals surface area contributed by atoms with E-state index in [4.69, 9.17) is 5.73 Å². The summed E-state index contributed by atoms with van der Waals surface area (Å²) in [6, 6.07) is 5.34. The second-order valence-electron chi connectivity index (χ2n) is 3.22. The molecule has 2 aromatic heterocycles. The number of hydrogen-bond donors (Lipinski definition) is 2. The molecule has 5 nitrogen and oxygen atoms in total. The van der Waals surface area contributed by atoms with E-state index in [1.807, 2.05) is 19.1 Å². The van der Waals surface area contributed by atoms with Gasteiger partial charge in [0, 0.05) is 17.5 Å². The van der Waals surface area contributed by atoms with E-state index in [1.165, 1.54) is 0 Å². The second-order valence-corrected chi connectivity index (χ2v) is 3.22. The molecular formula is C10H10N4O. The average molecular weight is 202 g/mol. The van der Waals surface area contributed by atoms with Gasteiger partial charge in [0.15, 0.2) is 0 Å². The second kappa shape index (κ2) is 3.53. The fourth-order valence-electron chi connectivity index (χ4n) is 1.30. The number of aryl methyl sites for hydroxylation is 1. The quantitative estimate of drug-likeness (QED) is 0.758. The van der Waals surface area contributed by atoms with Crippen LogP contribution in [0.1, 0.15) is 16.2 Å². The van der Waals surface area contributed by atoms with Gasteiger partial charge in [0.25, 0.3) is 5.91 Å². The molecule has 3 N–H and O–H groups in total. The Labute approximate surface area is 86.3 Å². The van der Waals surface area contributed by atoms with Crippen LogP contribution in [-0.2, 0) is 0 Å². The van der Waals surface area contributed by atoms with E-state index in [0.717, 1.165) is 11.3 Å². The number of carbonyl (C=O) groups excluding carboxylic acids is 1. The third-order valence-electron chi connectivity index (χ3n) is 2.04. The van der Waals surface area contributed by atoms with E-state index in [0.29, 0.717) is 11.4 Å². The Balaban J connectivity index is 2.41. The highest BCUT2D eigenvalue weighted by atomic mass is 16.1. The van der Waals surface area contributed by atoms with Crippen LogP contribution in [0, 0.1) is 6.92 Å². The number of nitrogens with one attached hydrogen (secondary N) is 1. The summed E-state index contributed by atoms with van der Waals surface area (Å²) in [5.74, 6) is -0.514. The largest absolute Gasteiger partial charge is 0.364 e. The molecule has 76 valence electrons. The Kier molecular flexibility index (Phi) is 2.21. The molecule has 0 spiro atoms. The number of amides is 1. The molecule has 0 aliphatic heterocycles. The highest BCUT2D eigenvalue weighted by molar-refractivity contribution is 5.91. The predicted molar refractivity (Wildman–Crippen MR) is 55.1 cm³/mol. The fraction of sp³-hybridized carbons (Fsp3) is 0.100. The summed E-state index contributed by atoms with van der Waals surface area (Å²) in [7, 11) is 0. The average Bonchev–Trinajstić information content (AvgIpc) is 2.66. The number of nitrogens with zero attached hydrogens (tertiary/aromatic N) is 2. The van der Waals surface area contributed by atoms with Crippen molar-refractivity contribution in [1.29, 1.82) is 0 Å². The molecule has 5 heteroatoms. The van der Waals surface area contributed by atoms with E-state index < -0.39 is 5.91 Å². The maximum atomic E-state index is 10.9. The number of nitrogens with two attached hydrogens (primary N) is 1. The molecule has 0 unspecified atom stereocenters. The van der Waals surface area contributed by atoms with Crippen molar-refractivity contribution in [1.82, 2.24) is 15.2 Å². The van der Waals surface area contributed by atoms with Gasteiger partial charge in [-0.25, -0.2) is 0 Å². The molecule has 2 rings (SSSR count). The van der Waals surface area contributed by atoms with E-state index in [1.54, 1.807) is 12.3 Å². The van der Waals surface area contributed by atoms with E-state index in [9.17, 15) is 4.79 Å². The van der Waals surface area contributed by atoms with Crippen molar-refractivity contribution in [2.24, 2.45) is 5.73 Å². The van der Waals surface area contributed by atoms with Crippen molar-refractivity contribution in [2.45, 2.75) is 6.92 Å². The van der Waals surface area contributed by atoms with Gasteiger partial charge in [-0.2, -0.15) is 5.10 Å². The zero-order valence-electron chi connectivity index (χ0n) is 8.19. The first-order valence-electron chi connectivity index (χ1n) is 4.45. The molecule has 2 aromatic rings. The monoisotopic (exact) mass is 202 g/mol. The number of aromatic amines is 1. The van der Waals surface area contributed by atoms with Gasteiger partial charge in [-0.05, 0) is 25.1 Å². The van der Waals surface area contributed by atoms with Crippen molar-refractivity contribution in [3.8, 4) is 11.3 Å². The van der Waals surface area contributed by atoms with Gasteiger partial charge in [-0.3, -0.25) is 14.9 Å². The van der Waals surface area contributed by atoms with Gasteiger partial charge >= 0.3 is 0 Å². The van der Waals surface area contributed by atoms with Gasteiger partial charge in [0.2, 0.25) is 0 Å². The Bertz CT molecular complexity index is 504. The highest BCUT2D eigenvalue weighted by Crippen LogP contribution is 2.17. The lowest BCUT2D eigenvalue weighted by Gasteiger charge is -1.95. The van der Waals surface area contributed by atoms with Gasteiger partial charge in [0.05, 0.1) is 5.69 Å². The van der Waals surface area contributed by atoms with Crippen LogP contribution in [-0.4, -0.2) is 21.1 Å². The van der Waals surface area contributed by atoms with Crippen LogP contribution in [0.5, 0.6) is 0 Å². The number of hydrogen-bond acceptors (Lipinski definition) is 3. The Morgan fingerprint density at radius 1 is 1.47 bits per heavy atom. The van der Waals surface area contributed by atoms with Crippen LogP contribution in [0.15, 0.2) is 24.4 Å². The van der Waals surface area contributed by atoms with E-state index >= 15 is 0 Å². The van der Waals surface area contributed by atoms with Gasteiger partial charge in [-0.1, -0.05) is 0 Å². The molecule has 0 aliphatic rings. The molecule has 15 heavy (non-hydrogen) atoms. The van der Waals surface area contributed by atoms with Crippen LogP contribution in [0.25, 0.3) is 11.3 Å². The molecule has 0 aromatic carbocycles. The van der Waals surface area contributed by atoms with Crippen LogP contribution in [0.2, 0.25) is 0 Å². The lowest BCUT2D eigenvalue weighted by molar-refractivity contribution is 0.0995. The zero-order chi connectivity index (χ0) is 10.8. The summed E-state index contributed by atoms with van der Waals surface area (Å²) in [4.78, 5) is 14.9. The molecule has 0 aliphatic carbocycles. The fourth-order valence-corrected chi connectivity index (χ4v) is 1.30. The van der Waals surface area contributed by atoms with Crippen molar-refractivity contribution in [3.63, 3.8) is 0 Å². The number of primary amides is 1. The highest BCUT2D eigenvalue weighted by Gasteiger charge is 2.07. The minimum Gasteiger partial charge on any atom is -0.364 e. The molecule has 0 fully saturated rings. The maximum Gasteiger partial charge on any atom is 0.266 e. The van der Waals surface area contributed by atoms with Gasteiger partial charge < -0.3 is 5.73 Å². The van der Waals surface area contributed by atoms with Gasteiger partial charge in [0.1, 0.15) is 5.69 Å². The summed E-state index contributed by atoms with van der Waals surface area (Å²) in [5, 5.41) is 6.57. The Morgan fingerprint density at radius 3 is 2.87 bits per heavy atom. The summed E-state index contributed by atoms with van der Waals surface area (Å²) < 4.78 is 0. The number of carbonyl (C=O) groups is 1. The minimum absolute atomic E-state index is 0.305.